The molecule has 2 heterocycles. The zero-order valence-corrected chi connectivity index (χ0v) is 20.5. The lowest BCUT2D eigenvalue weighted by Gasteiger charge is -2.31. The van der Waals surface area contributed by atoms with Crippen LogP contribution in [0.3, 0.4) is 0 Å². The summed E-state index contributed by atoms with van der Waals surface area (Å²) in [6.07, 6.45) is 3.21. The second kappa shape index (κ2) is 10.4. The van der Waals surface area contributed by atoms with Gasteiger partial charge in [0.15, 0.2) is 11.5 Å². The highest BCUT2D eigenvalue weighted by Gasteiger charge is 2.43. The van der Waals surface area contributed by atoms with Crippen LogP contribution in [-0.4, -0.2) is 69.1 Å². The molecule has 0 aromatic heterocycles. The van der Waals surface area contributed by atoms with Crippen LogP contribution < -0.4 is 14.2 Å². The summed E-state index contributed by atoms with van der Waals surface area (Å²) in [6, 6.07) is 11.4. The second-order valence-electron chi connectivity index (χ2n) is 9.13. The molecular formula is C27H34N2O5. The number of carbonyl (C=O) groups is 2. The standard InChI is InChI=1S/C27H34N2O5/c1-18-8-10-19(11-9-18)26(30)29-16-21(22(17-29)27(31)28-12-6-5-7-13-28)20-14-23(32-2)25(34-4)24(15-20)33-3/h8-11,14-15,21-22H,5-7,12-13,16-17H2,1-4H3/t21-,22+/m0/s1. The Morgan fingerprint density at radius 1 is 0.824 bits per heavy atom. The van der Waals surface area contributed by atoms with Crippen LogP contribution in [0.4, 0.5) is 0 Å². The van der Waals surface area contributed by atoms with Crippen LogP contribution in [0.25, 0.3) is 0 Å². The van der Waals surface area contributed by atoms with E-state index in [-0.39, 0.29) is 23.7 Å². The highest BCUT2D eigenvalue weighted by Crippen LogP contribution is 2.44. The van der Waals surface area contributed by atoms with Crippen molar-refractivity contribution in [2.45, 2.75) is 32.1 Å². The third kappa shape index (κ3) is 4.69. The first-order chi connectivity index (χ1) is 16.5. The molecule has 0 aliphatic carbocycles. The molecule has 0 N–H and O–H groups in total. The van der Waals surface area contributed by atoms with Gasteiger partial charge in [0.25, 0.3) is 5.91 Å². The van der Waals surface area contributed by atoms with Gasteiger partial charge < -0.3 is 24.0 Å². The van der Waals surface area contributed by atoms with Gasteiger partial charge in [0.2, 0.25) is 11.7 Å². The number of piperidine rings is 1. The predicted molar refractivity (Wildman–Crippen MR) is 130 cm³/mol. The maximum Gasteiger partial charge on any atom is 0.253 e. The van der Waals surface area contributed by atoms with Crippen molar-refractivity contribution in [3.63, 3.8) is 0 Å². The molecule has 0 unspecified atom stereocenters. The first-order valence-corrected chi connectivity index (χ1v) is 11.9. The Labute approximate surface area is 201 Å². The van der Waals surface area contributed by atoms with Gasteiger partial charge in [0.1, 0.15) is 0 Å². The average Bonchev–Trinajstić information content (AvgIpc) is 3.33. The number of hydrogen-bond donors (Lipinski definition) is 0. The molecule has 2 amide bonds. The minimum atomic E-state index is -0.324. The largest absolute Gasteiger partial charge is 0.493 e. The summed E-state index contributed by atoms with van der Waals surface area (Å²) in [5.41, 5.74) is 2.65. The number of amides is 2. The maximum absolute atomic E-state index is 13.7. The van der Waals surface area contributed by atoms with Crippen molar-refractivity contribution in [3.8, 4) is 17.2 Å². The van der Waals surface area contributed by atoms with Crippen LogP contribution in [0.1, 0.15) is 46.7 Å². The van der Waals surface area contributed by atoms with E-state index in [0.29, 0.717) is 35.9 Å². The van der Waals surface area contributed by atoms with E-state index < -0.39 is 0 Å². The number of benzene rings is 2. The summed E-state index contributed by atoms with van der Waals surface area (Å²) in [4.78, 5) is 30.8. The number of nitrogens with zero attached hydrogens (tertiary/aromatic N) is 2. The van der Waals surface area contributed by atoms with Crippen LogP contribution in [0, 0.1) is 12.8 Å². The lowest BCUT2D eigenvalue weighted by molar-refractivity contribution is -0.136. The Morgan fingerprint density at radius 2 is 1.44 bits per heavy atom. The first-order valence-electron chi connectivity index (χ1n) is 11.9. The van der Waals surface area contributed by atoms with Gasteiger partial charge in [-0.3, -0.25) is 9.59 Å². The lowest BCUT2D eigenvalue weighted by Crippen LogP contribution is -2.42. The number of ether oxygens (including phenoxy) is 3. The van der Waals surface area contributed by atoms with E-state index in [4.69, 9.17) is 14.2 Å². The van der Waals surface area contributed by atoms with Crippen molar-refractivity contribution < 1.29 is 23.8 Å². The van der Waals surface area contributed by atoms with Gasteiger partial charge in [-0.15, -0.1) is 0 Å². The molecular weight excluding hydrogens is 432 g/mol. The molecule has 2 atom stereocenters. The van der Waals surface area contributed by atoms with Gasteiger partial charge in [-0.05, 0) is 56.0 Å². The average molecular weight is 467 g/mol. The van der Waals surface area contributed by atoms with Crippen molar-refractivity contribution in [2.24, 2.45) is 5.92 Å². The summed E-state index contributed by atoms with van der Waals surface area (Å²) >= 11 is 0. The van der Waals surface area contributed by atoms with Crippen molar-refractivity contribution in [2.75, 3.05) is 47.5 Å². The van der Waals surface area contributed by atoms with Gasteiger partial charge in [-0.2, -0.15) is 0 Å². The monoisotopic (exact) mass is 466 g/mol. The van der Waals surface area contributed by atoms with Crippen LogP contribution >= 0.6 is 0 Å². The minimum Gasteiger partial charge on any atom is -0.493 e. The van der Waals surface area contributed by atoms with E-state index in [1.54, 1.807) is 21.3 Å². The molecule has 7 heteroatoms. The summed E-state index contributed by atoms with van der Waals surface area (Å²) in [5.74, 6) is 1.18. The molecule has 0 spiro atoms. The zero-order chi connectivity index (χ0) is 24.2. The minimum absolute atomic E-state index is 0.0496. The summed E-state index contributed by atoms with van der Waals surface area (Å²) < 4.78 is 16.6. The van der Waals surface area contributed by atoms with E-state index in [9.17, 15) is 9.59 Å². The maximum atomic E-state index is 13.7. The molecule has 2 aromatic rings. The summed E-state index contributed by atoms with van der Waals surface area (Å²) in [6.45, 7) is 4.41. The van der Waals surface area contributed by atoms with Crippen LogP contribution in [0.5, 0.6) is 17.2 Å². The predicted octanol–water partition coefficient (Wildman–Crippen LogP) is 3.89. The molecule has 2 aliphatic heterocycles. The Kier molecular flexibility index (Phi) is 7.29. The van der Waals surface area contributed by atoms with E-state index >= 15 is 0 Å². The molecule has 7 nitrogen and oxygen atoms in total. The van der Waals surface area contributed by atoms with E-state index in [1.165, 1.54) is 0 Å². The fourth-order valence-electron chi connectivity index (χ4n) is 5.10. The summed E-state index contributed by atoms with van der Waals surface area (Å²) in [5, 5.41) is 0. The van der Waals surface area contributed by atoms with E-state index in [0.717, 1.165) is 43.5 Å². The smallest absolute Gasteiger partial charge is 0.253 e. The van der Waals surface area contributed by atoms with Crippen molar-refractivity contribution >= 4 is 11.8 Å². The lowest BCUT2D eigenvalue weighted by atomic mass is 9.87. The number of aryl methyl sites for hydroxylation is 1. The number of carbonyl (C=O) groups excluding carboxylic acids is 2. The molecule has 0 bridgehead atoms. The van der Waals surface area contributed by atoms with Crippen molar-refractivity contribution in [3.05, 3.63) is 53.1 Å². The first kappa shape index (κ1) is 23.9. The summed E-state index contributed by atoms with van der Waals surface area (Å²) in [7, 11) is 4.74. The molecule has 2 fully saturated rings. The topological polar surface area (TPSA) is 68.3 Å². The Balaban J connectivity index is 1.69. The fourth-order valence-corrected chi connectivity index (χ4v) is 5.10. The molecule has 2 aromatic carbocycles. The fraction of sp³-hybridized carbons (Fsp3) is 0.481. The normalized spacial score (nSPS) is 20.2. The van der Waals surface area contributed by atoms with Gasteiger partial charge in [0, 0.05) is 37.7 Å². The van der Waals surface area contributed by atoms with Gasteiger partial charge in [0.05, 0.1) is 27.2 Å². The van der Waals surface area contributed by atoms with Crippen LogP contribution in [0.15, 0.2) is 36.4 Å². The molecule has 4 rings (SSSR count). The highest BCUT2D eigenvalue weighted by atomic mass is 16.5. The van der Waals surface area contributed by atoms with Crippen LogP contribution in [-0.2, 0) is 4.79 Å². The molecule has 34 heavy (non-hydrogen) atoms. The molecule has 182 valence electrons. The third-order valence-electron chi connectivity index (χ3n) is 7.01. The van der Waals surface area contributed by atoms with Gasteiger partial charge >= 0.3 is 0 Å². The molecule has 2 saturated heterocycles. The SMILES string of the molecule is COc1cc([C@@H]2CN(C(=O)c3ccc(C)cc3)C[C@H]2C(=O)N2CCCCC2)cc(OC)c1OC. The number of hydrogen-bond acceptors (Lipinski definition) is 5. The Bertz CT molecular complexity index is 1000. The quantitative estimate of drug-likeness (QED) is 0.646. The number of methoxy groups -OCH3 is 3. The van der Waals surface area contributed by atoms with E-state index in [1.807, 2.05) is 53.1 Å². The number of likely N-dealkylation sites (tertiary alicyclic amines) is 2. The molecule has 2 aliphatic rings. The van der Waals surface area contributed by atoms with Gasteiger partial charge in [-0.25, -0.2) is 0 Å². The zero-order valence-electron chi connectivity index (χ0n) is 20.5. The van der Waals surface area contributed by atoms with Crippen molar-refractivity contribution in [1.82, 2.24) is 9.80 Å². The van der Waals surface area contributed by atoms with Crippen molar-refractivity contribution in [1.29, 1.82) is 0 Å². The highest BCUT2D eigenvalue weighted by molar-refractivity contribution is 5.95. The molecule has 0 radical (unpaired) electrons. The molecule has 0 saturated carbocycles. The van der Waals surface area contributed by atoms with E-state index in [2.05, 4.69) is 0 Å². The Hall–Kier alpha value is -3.22. The second-order valence-corrected chi connectivity index (χ2v) is 9.13. The number of rotatable bonds is 6. The van der Waals surface area contributed by atoms with Crippen LogP contribution in [0.2, 0.25) is 0 Å². The third-order valence-corrected chi connectivity index (χ3v) is 7.01. The van der Waals surface area contributed by atoms with Gasteiger partial charge in [-0.1, -0.05) is 17.7 Å². The Morgan fingerprint density at radius 3 is 2.00 bits per heavy atom.